The van der Waals surface area contributed by atoms with Crippen LogP contribution in [0.15, 0.2) is 12.1 Å². The van der Waals surface area contributed by atoms with Crippen molar-refractivity contribution in [3.8, 4) is 0 Å². The Morgan fingerprint density at radius 3 is 2.75 bits per heavy atom. The first kappa shape index (κ1) is 15.4. The molecule has 0 amide bonds. The quantitative estimate of drug-likeness (QED) is 0.792. The standard InChI is InChI=1S/C13H15ClF2N2OS/c1-3-20(19)5-4-18-11-7-9(15)6-10(16)12(11)17-13(18)8(2)14/h6-8H,3-5H2,1-2H3. The van der Waals surface area contributed by atoms with Gasteiger partial charge >= 0.3 is 0 Å². The highest BCUT2D eigenvalue weighted by molar-refractivity contribution is 7.84. The minimum absolute atomic E-state index is 0.0937. The fourth-order valence-corrected chi connectivity index (χ4v) is 2.88. The molecule has 110 valence electrons. The number of halogens is 3. The Hall–Kier alpha value is -1.01. The van der Waals surface area contributed by atoms with Gasteiger partial charge in [-0.15, -0.1) is 11.6 Å². The highest BCUT2D eigenvalue weighted by Gasteiger charge is 2.18. The SMILES string of the molecule is CCS(=O)CCn1c(C(C)Cl)nc2c(F)cc(F)cc21. The average molecular weight is 321 g/mol. The average Bonchev–Trinajstić information content (AvgIpc) is 2.75. The lowest BCUT2D eigenvalue weighted by Gasteiger charge is -2.10. The van der Waals surface area contributed by atoms with E-state index in [0.29, 0.717) is 29.4 Å². The predicted octanol–water partition coefficient (Wildman–Crippen LogP) is 3.38. The van der Waals surface area contributed by atoms with Crippen molar-refractivity contribution in [3.05, 3.63) is 29.6 Å². The molecule has 2 atom stereocenters. The van der Waals surface area contributed by atoms with E-state index in [1.807, 2.05) is 6.92 Å². The van der Waals surface area contributed by atoms with Gasteiger partial charge in [0.15, 0.2) is 5.82 Å². The van der Waals surface area contributed by atoms with Gasteiger partial charge in [0.05, 0.1) is 10.9 Å². The van der Waals surface area contributed by atoms with Crippen LogP contribution in [0.5, 0.6) is 0 Å². The summed E-state index contributed by atoms with van der Waals surface area (Å²) in [5.41, 5.74) is 0.439. The van der Waals surface area contributed by atoms with Gasteiger partial charge < -0.3 is 4.57 Å². The van der Waals surface area contributed by atoms with Crippen LogP contribution in [-0.4, -0.2) is 25.3 Å². The summed E-state index contributed by atoms with van der Waals surface area (Å²) in [4.78, 5) is 4.15. The molecule has 2 aromatic rings. The molecule has 0 N–H and O–H groups in total. The molecule has 0 spiro atoms. The van der Waals surface area contributed by atoms with Gasteiger partial charge in [-0.1, -0.05) is 6.92 Å². The lowest BCUT2D eigenvalue weighted by atomic mass is 10.3. The molecule has 0 saturated heterocycles. The second-order valence-corrected chi connectivity index (χ2v) is 6.95. The van der Waals surface area contributed by atoms with Crippen LogP contribution in [0, 0.1) is 11.6 Å². The first-order valence-electron chi connectivity index (χ1n) is 6.28. The predicted molar refractivity (Wildman–Crippen MR) is 77.5 cm³/mol. The van der Waals surface area contributed by atoms with Gasteiger partial charge in [0, 0.05) is 34.9 Å². The minimum Gasteiger partial charge on any atom is -0.326 e. The summed E-state index contributed by atoms with van der Waals surface area (Å²) < 4.78 is 40.3. The fourth-order valence-electron chi connectivity index (χ4n) is 2.04. The molecule has 0 aliphatic rings. The summed E-state index contributed by atoms with van der Waals surface area (Å²) in [7, 11) is -0.966. The highest BCUT2D eigenvalue weighted by atomic mass is 35.5. The van der Waals surface area contributed by atoms with Crippen LogP contribution in [0.2, 0.25) is 0 Å². The van der Waals surface area contributed by atoms with Crippen molar-refractivity contribution in [1.82, 2.24) is 9.55 Å². The van der Waals surface area contributed by atoms with E-state index in [4.69, 9.17) is 11.6 Å². The number of aryl methyl sites for hydroxylation is 1. The molecule has 7 heteroatoms. The number of hydrogen-bond acceptors (Lipinski definition) is 2. The van der Waals surface area contributed by atoms with E-state index in [9.17, 15) is 13.0 Å². The number of imidazole rings is 1. The number of benzene rings is 1. The van der Waals surface area contributed by atoms with E-state index in [-0.39, 0.29) is 5.52 Å². The van der Waals surface area contributed by atoms with Crippen LogP contribution < -0.4 is 0 Å². The Morgan fingerprint density at radius 2 is 2.15 bits per heavy atom. The van der Waals surface area contributed by atoms with Gasteiger partial charge in [0.25, 0.3) is 0 Å². The molecular weight excluding hydrogens is 306 g/mol. The Morgan fingerprint density at radius 1 is 1.45 bits per heavy atom. The Balaban J connectivity index is 2.53. The van der Waals surface area contributed by atoms with Crippen molar-refractivity contribution in [2.24, 2.45) is 0 Å². The van der Waals surface area contributed by atoms with Crippen molar-refractivity contribution < 1.29 is 13.0 Å². The van der Waals surface area contributed by atoms with Crippen LogP contribution in [0.3, 0.4) is 0 Å². The number of aromatic nitrogens is 2. The smallest absolute Gasteiger partial charge is 0.153 e. The van der Waals surface area contributed by atoms with Gasteiger partial charge in [-0.25, -0.2) is 13.8 Å². The van der Waals surface area contributed by atoms with E-state index in [1.165, 1.54) is 6.07 Å². The second-order valence-electron chi connectivity index (χ2n) is 4.43. The van der Waals surface area contributed by atoms with E-state index < -0.39 is 27.8 Å². The summed E-state index contributed by atoms with van der Waals surface area (Å²) >= 11 is 6.05. The van der Waals surface area contributed by atoms with Crippen molar-refractivity contribution in [3.63, 3.8) is 0 Å². The summed E-state index contributed by atoms with van der Waals surface area (Å²) in [6.07, 6.45) is 0. The maximum atomic E-state index is 13.7. The molecule has 20 heavy (non-hydrogen) atoms. The van der Waals surface area contributed by atoms with Crippen LogP contribution in [0.25, 0.3) is 11.0 Å². The molecule has 2 unspecified atom stereocenters. The summed E-state index contributed by atoms with van der Waals surface area (Å²) in [5, 5.41) is -0.445. The number of nitrogens with zero attached hydrogens (tertiary/aromatic N) is 2. The second kappa shape index (κ2) is 6.18. The van der Waals surface area contributed by atoms with E-state index in [0.717, 1.165) is 6.07 Å². The number of hydrogen-bond donors (Lipinski definition) is 0. The number of rotatable bonds is 5. The zero-order valence-electron chi connectivity index (χ0n) is 11.2. The first-order chi connectivity index (χ1) is 9.43. The van der Waals surface area contributed by atoms with Crippen molar-refractivity contribution in [2.45, 2.75) is 25.8 Å². The van der Waals surface area contributed by atoms with Gasteiger partial charge in [-0.2, -0.15) is 0 Å². The van der Waals surface area contributed by atoms with Gasteiger partial charge in [-0.3, -0.25) is 4.21 Å². The first-order valence-corrected chi connectivity index (χ1v) is 8.20. The zero-order chi connectivity index (χ0) is 14.9. The third-order valence-corrected chi connectivity index (χ3v) is 4.50. The lowest BCUT2D eigenvalue weighted by Crippen LogP contribution is -2.12. The monoisotopic (exact) mass is 320 g/mol. The van der Waals surface area contributed by atoms with Crippen LogP contribution in [0.1, 0.15) is 25.0 Å². The molecule has 0 radical (unpaired) electrons. The molecule has 1 aromatic carbocycles. The molecule has 0 bridgehead atoms. The van der Waals surface area contributed by atoms with Gasteiger partial charge in [0.1, 0.15) is 17.2 Å². The molecule has 2 rings (SSSR count). The molecule has 1 aromatic heterocycles. The molecule has 0 aliphatic heterocycles. The minimum atomic E-state index is -0.966. The largest absolute Gasteiger partial charge is 0.326 e. The summed E-state index contributed by atoms with van der Waals surface area (Å²) in [6.45, 7) is 3.91. The number of alkyl halides is 1. The maximum Gasteiger partial charge on any atom is 0.153 e. The third-order valence-electron chi connectivity index (χ3n) is 3.02. The van der Waals surface area contributed by atoms with E-state index in [1.54, 1.807) is 11.5 Å². The summed E-state index contributed by atoms with van der Waals surface area (Å²) in [5.74, 6) is 0.0207. The Bertz CT molecular complexity index is 657. The zero-order valence-corrected chi connectivity index (χ0v) is 12.8. The van der Waals surface area contributed by atoms with Crippen LogP contribution >= 0.6 is 11.6 Å². The van der Waals surface area contributed by atoms with Gasteiger partial charge in [-0.05, 0) is 13.0 Å². The normalized spacial score (nSPS) is 14.7. The summed E-state index contributed by atoms with van der Waals surface area (Å²) in [6, 6.07) is 2.02. The van der Waals surface area contributed by atoms with Crippen molar-refractivity contribution in [1.29, 1.82) is 0 Å². The fraction of sp³-hybridized carbons (Fsp3) is 0.462. The molecular formula is C13H15ClF2N2OS. The highest BCUT2D eigenvalue weighted by Crippen LogP contribution is 2.26. The topological polar surface area (TPSA) is 34.9 Å². The van der Waals surface area contributed by atoms with Crippen molar-refractivity contribution >= 4 is 33.4 Å². The van der Waals surface area contributed by atoms with E-state index in [2.05, 4.69) is 4.98 Å². The van der Waals surface area contributed by atoms with Crippen LogP contribution in [-0.2, 0) is 17.3 Å². The molecule has 0 fully saturated rings. The maximum absolute atomic E-state index is 13.7. The third kappa shape index (κ3) is 3.01. The van der Waals surface area contributed by atoms with Crippen LogP contribution in [0.4, 0.5) is 8.78 Å². The molecule has 0 saturated carbocycles. The Kier molecular flexibility index (Phi) is 4.75. The molecule has 3 nitrogen and oxygen atoms in total. The lowest BCUT2D eigenvalue weighted by molar-refractivity contribution is 0.590. The van der Waals surface area contributed by atoms with Gasteiger partial charge in [0.2, 0.25) is 0 Å². The number of fused-ring (bicyclic) bond motifs is 1. The van der Waals surface area contributed by atoms with Crippen molar-refractivity contribution in [2.75, 3.05) is 11.5 Å². The molecule has 1 heterocycles. The molecule has 0 aliphatic carbocycles. The van der Waals surface area contributed by atoms with E-state index >= 15 is 0 Å². The Labute approximate surface area is 123 Å².